The molecule has 5 atom stereocenters. The van der Waals surface area contributed by atoms with Crippen LogP contribution in [0.3, 0.4) is 0 Å². The number of amides is 3. The van der Waals surface area contributed by atoms with Crippen LogP contribution >= 0.6 is 0 Å². The molecule has 0 aliphatic rings. The van der Waals surface area contributed by atoms with E-state index in [0.29, 0.717) is 12.1 Å². The predicted molar refractivity (Wildman–Crippen MR) is 122 cm³/mol. The number of carbonyl (C=O) groups is 6. The van der Waals surface area contributed by atoms with Crippen LogP contribution in [0.15, 0.2) is 12.5 Å². The third kappa shape index (κ3) is 10.1. The molecule has 0 fully saturated rings. The van der Waals surface area contributed by atoms with E-state index in [1.165, 1.54) is 12.5 Å². The van der Waals surface area contributed by atoms with E-state index in [4.69, 9.17) is 10.8 Å². The summed E-state index contributed by atoms with van der Waals surface area (Å²) in [7, 11) is 0. The minimum absolute atomic E-state index is 0.0370. The summed E-state index contributed by atoms with van der Waals surface area (Å²) in [6.07, 6.45) is 1.47. The third-order valence-corrected chi connectivity index (χ3v) is 5.40. The molecule has 1 aromatic rings. The van der Waals surface area contributed by atoms with E-state index in [1.807, 2.05) is 0 Å². The molecule has 3 amide bonds. The van der Waals surface area contributed by atoms with Gasteiger partial charge in [0.15, 0.2) is 0 Å². The molecule has 0 aliphatic carbocycles. The zero-order valence-electron chi connectivity index (χ0n) is 19.9. The van der Waals surface area contributed by atoms with Gasteiger partial charge in [-0.2, -0.15) is 0 Å². The third-order valence-electron chi connectivity index (χ3n) is 5.40. The molecule has 200 valence electrons. The lowest BCUT2D eigenvalue weighted by atomic mass is 9.98. The van der Waals surface area contributed by atoms with Gasteiger partial charge in [0.2, 0.25) is 17.7 Å². The van der Waals surface area contributed by atoms with Crippen molar-refractivity contribution in [3.8, 4) is 0 Å². The number of aromatic amines is 1. The largest absolute Gasteiger partial charge is 0.481 e. The Bertz CT molecular complexity index is 936. The molecule has 1 aromatic heterocycles. The van der Waals surface area contributed by atoms with Gasteiger partial charge < -0.3 is 42.0 Å². The highest BCUT2D eigenvalue weighted by Crippen LogP contribution is 2.09. The van der Waals surface area contributed by atoms with E-state index in [-0.39, 0.29) is 12.8 Å². The van der Waals surface area contributed by atoms with Gasteiger partial charge in [-0.1, -0.05) is 20.3 Å². The maximum atomic E-state index is 12.9. The van der Waals surface area contributed by atoms with E-state index in [9.17, 15) is 39.0 Å². The molecule has 5 unspecified atom stereocenters. The summed E-state index contributed by atoms with van der Waals surface area (Å²) in [5.41, 5.74) is 6.39. The fourth-order valence-corrected chi connectivity index (χ4v) is 3.13. The number of carboxylic acids is 3. The highest BCUT2D eigenvalue weighted by atomic mass is 16.4. The molecular weight excluding hydrogens is 480 g/mol. The van der Waals surface area contributed by atoms with E-state index in [1.54, 1.807) is 13.8 Å². The van der Waals surface area contributed by atoms with Crippen molar-refractivity contribution < 1.29 is 44.1 Å². The molecule has 15 nitrogen and oxygen atoms in total. The van der Waals surface area contributed by atoms with Gasteiger partial charge in [0.1, 0.15) is 18.1 Å². The van der Waals surface area contributed by atoms with Gasteiger partial charge in [0.25, 0.3) is 0 Å². The second-order valence-corrected chi connectivity index (χ2v) is 8.25. The van der Waals surface area contributed by atoms with Crippen molar-refractivity contribution in [3.05, 3.63) is 18.2 Å². The van der Waals surface area contributed by atoms with Crippen molar-refractivity contribution in [3.63, 3.8) is 0 Å². The number of imidazole rings is 1. The van der Waals surface area contributed by atoms with E-state index >= 15 is 0 Å². The van der Waals surface area contributed by atoms with Crippen LogP contribution in [-0.2, 0) is 35.2 Å². The molecule has 0 bridgehead atoms. The molecule has 15 heteroatoms. The molecule has 0 spiro atoms. The van der Waals surface area contributed by atoms with Gasteiger partial charge in [-0.25, -0.2) is 9.78 Å². The predicted octanol–water partition coefficient (Wildman–Crippen LogP) is -1.80. The van der Waals surface area contributed by atoms with Crippen LogP contribution in [0.4, 0.5) is 0 Å². The zero-order valence-corrected chi connectivity index (χ0v) is 19.9. The Kier molecular flexibility index (Phi) is 12.0. The Morgan fingerprint density at radius 3 is 2.08 bits per heavy atom. The van der Waals surface area contributed by atoms with Crippen LogP contribution in [0.2, 0.25) is 0 Å². The Labute approximate surface area is 206 Å². The maximum Gasteiger partial charge on any atom is 0.326 e. The van der Waals surface area contributed by atoms with Gasteiger partial charge in [-0.15, -0.1) is 0 Å². The fraction of sp³-hybridized carbons (Fsp3) is 0.571. The normalized spacial score (nSPS) is 15.0. The first-order valence-electron chi connectivity index (χ1n) is 11.2. The standard InChI is InChI=1S/C21H32N6O9/c1-3-10(2)17(21(35)36)27-20(34)14(7-16(30)31)26-19(33)13(4-5-15(28)29)25-18(32)12(22)6-11-8-23-9-24-11/h8-10,12-14,17H,3-7,22H2,1-2H3,(H,23,24)(H,25,32)(H,26,33)(H,27,34)(H,28,29)(H,30,31)(H,35,36). The Morgan fingerprint density at radius 2 is 1.58 bits per heavy atom. The molecule has 0 saturated heterocycles. The number of nitrogens with two attached hydrogens (primary N) is 1. The summed E-state index contributed by atoms with van der Waals surface area (Å²) in [6, 6.07) is -5.62. The number of H-pyrrole nitrogens is 1. The summed E-state index contributed by atoms with van der Waals surface area (Å²) in [5.74, 6) is -7.44. The second kappa shape index (κ2) is 14.4. The highest BCUT2D eigenvalue weighted by Gasteiger charge is 2.33. The Hall–Kier alpha value is -4.01. The number of aromatic nitrogens is 2. The maximum absolute atomic E-state index is 12.9. The number of carboxylic acid groups (broad SMARTS) is 3. The number of aliphatic carboxylic acids is 3. The Morgan fingerprint density at radius 1 is 0.972 bits per heavy atom. The summed E-state index contributed by atoms with van der Waals surface area (Å²) >= 11 is 0. The quantitative estimate of drug-likeness (QED) is 0.123. The van der Waals surface area contributed by atoms with Crippen LogP contribution in [0.5, 0.6) is 0 Å². The lowest BCUT2D eigenvalue weighted by Crippen LogP contribution is -2.58. The smallest absolute Gasteiger partial charge is 0.326 e. The molecule has 0 saturated carbocycles. The summed E-state index contributed by atoms with van der Waals surface area (Å²) < 4.78 is 0. The van der Waals surface area contributed by atoms with Gasteiger partial charge in [-0.3, -0.25) is 24.0 Å². The van der Waals surface area contributed by atoms with Crippen LogP contribution in [0.25, 0.3) is 0 Å². The number of nitrogens with one attached hydrogen (secondary N) is 4. The second-order valence-electron chi connectivity index (χ2n) is 8.25. The topological polar surface area (TPSA) is 254 Å². The fourth-order valence-electron chi connectivity index (χ4n) is 3.13. The zero-order chi connectivity index (χ0) is 27.4. The number of hydrogen-bond donors (Lipinski definition) is 8. The molecule has 0 aliphatic heterocycles. The van der Waals surface area contributed by atoms with Crippen molar-refractivity contribution in [2.75, 3.05) is 0 Å². The monoisotopic (exact) mass is 512 g/mol. The first kappa shape index (κ1) is 30.0. The lowest BCUT2D eigenvalue weighted by Gasteiger charge is -2.25. The first-order valence-corrected chi connectivity index (χ1v) is 11.2. The first-order chi connectivity index (χ1) is 16.8. The Balaban J connectivity index is 3.01. The summed E-state index contributed by atoms with van der Waals surface area (Å²) in [6.45, 7) is 3.28. The van der Waals surface area contributed by atoms with Gasteiger partial charge >= 0.3 is 17.9 Å². The van der Waals surface area contributed by atoms with Crippen molar-refractivity contribution in [1.29, 1.82) is 0 Å². The lowest BCUT2D eigenvalue weighted by molar-refractivity contribution is -0.144. The molecular formula is C21H32N6O9. The van der Waals surface area contributed by atoms with Crippen molar-refractivity contribution in [1.82, 2.24) is 25.9 Å². The molecule has 1 heterocycles. The molecule has 9 N–H and O–H groups in total. The van der Waals surface area contributed by atoms with Crippen LogP contribution < -0.4 is 21.7 Å². The number of rotatable bonds is 16. The van der Waals surface area contributed by atoms with Crippen molar-refractivity contribution in [2.45, 2.75) is 70.1 Å². The van der Waals surface area contributed by atoms with Gasteiger partial charge in [0.05, 0.1) is 18.8 Å². The molecule has 36 heavy (non-hydrogen) atoms. The number of hydrogen-bond acceptors (Lipinski definition) is 8. The van der Waals surface area contributed by atoms with Crippen LogP contribution in [0, 0.1) is 5.92 Å². The van der Waals surface area contributed by atoms with E-state index in [0.717, 1.165) is 0 Å². The summed E-state index contributed by atoms with van der Waals surface area (Å²) in [5, 5.41) is 34.3. The summed E-state index contributed by atoms with van der Waals surface area (Å²) in [4.78, 5) is 78.5. The highest BCUT2D eigenvalue weighted by molar-refractivity contribution is 5.95. The number of nitrogens with zero attached hydrogens (tertiary/aromatic N) is 1. The van der Waals surface area contributed by atoms with Crippen molar-refractivity contribution >= 4 is 35.6 Å². The number of carbonyl (C=O) groups excluding carboxylic acids is 3. The molecule has 0 radical (unpaired) electrons. The van der Waals surface area contributed by atoms with E-state index in [2.05, 4.69) is 25.9 Å². The van der Waals surface area contributed by atoms with Gasteiger partial charge in [0, 0.05) is 24.7 Å². The van der Waals surface area contributed by atoms with Crippen LogP contribution in [-0.4, -0.2) is 85.1 Å². The minimum Gasteiger partial charge on any atom is -0.481 e. The average Bonchev–Trinajstić information content (AvgIpc) is 3.31. The molecule has 0 aromatic carbocycles. The van der Waals surface area contributed by atoms with Gasteiger partial charge in [-0.05, 0) is 12.3 Å². The van der Waals surface area contributed by atoms with E-state index < -0.39 is 78.6 Å². The molecule has 1 rings (SSSR count). The minimum atomic E-state index is -1.69. The van der Waals surface area contributed by atoms with Crippen molar-refractivity contribution in [2.24, 2.45) is 11.7 Å². The SMILES string of the molecule is CCC(C)C(NC(=O)C(CC(=O)O)NC(=O)C(CCC(=O)O)NC(=O)C(N)Cc1cnc[nH]1)C(=O)O. The average molecular weight is 513 g/mol. The van der Waals surface area contributed by atoms with Crippen LogP contribution in [0.1, 0.15) is 45.2 Å².